The fraction of sp³-hybridized carbons (Fsp3) is 0.370. The SMILES string of the molecule is Cc1nc2c3ccccc3nn2c(C)c1CCC(=O)NCC1(c2ccc(Cl)cc2)CCOCC1. The Morgan fingerprint density at radius 2 is 1.85 bits per heavy atom. The van der Waals surface area contributed by atoms with Gasteiger partial charge in [0.15, 0.2) is 5.65 Å². The molecule has 0 aliphatic carbocycles. The van der Waals surface area contributed by atoms with Crippen LogP contribution in [0.4, 0.5) is 0 Å². The highest BCUT2D eigenvalue weighted by atomic mass is 35.5. The van der Waals surface area contributed by atoms with Crippen LogP contribution in [-0.4, -0.2) is 40.3 Å². The van der Waals surface area contributed by atoms with Crippen molar-refractivity contribution in [2.45, 2.75) is 44.9 Å². The highest BCUT2D eigenvalue weighted by molar-refractivity contribution is 6.30. The topological polar surface area (TPSA) is 68.5 Å². The zero-order chi connectivity index (χ0) is 23.7. The largest absolute Gasteiger partial charge is 0.381 e. The number of nitrogens with zero attached hydrogens (tertiary/aromatic N) is 3. The maximum Gasteiger partial charge on any atom is 0.220 e. The first-order valence-electron chi connectivity index (χ1n) is 11.8. The predicted molar refractivity (Wildman–Crippen MR) is 134 cm³/mol. The zero-order valence-electron chi connectivity index (χ0n) is 19.6. The number of benzene rings is 2. The predicted octanol–water partition coefficient (Wildman–Crippen LogP) is 4.95. The van der Waals surface area contributed by atoms with Crippen LogP contribution in [0.25, 0.3) is 16.6 Å². The molecule has 4 aromatic rings. The fourth-order valence-electron chi connectivity index (χ4n) is 5.07. The monoisotopic (exact) mass is 476 g/mol. The van der Waals surface area contributed by atoms with Crippen molar-refractivity contribution in [3.63, 3.8) is 0 Å². The average Bonchev–Trinajstić information content (AvgIpc) is 3.22. The Kier molecular flexibility index (Phi) is 6.28. The number of hydrogen-bond acceptors (Lipinski definition) is 4. The smallest absolute Gasteiger partial charge is 0.220 e. The third-order valence-corrected chi connectivity index (χ3v) is 7.40. The first kappa shape index (κ1) is 22.8. The van der Waals surface area contributed by atoms with Gasteiger partial charge >= 0.3 is 0 Å². The van der Waals surface area contributed by atoms with Crippen LogP contribution >= 0.6 is 11.6 Å². The molecule has 1 aliphatic rings. The number of amides is 1. The van der Waals surface area contributed by atoms with Crippen LogP contribution in [0.5, 0.6) is 0 Å². The summed E-state index contributed by atoms with van der Waals surface area (Å²) in [7, 11) is 0. The number of nitrogens with one attached hydrogen (secondary N) is 1. The van der Waals surface area contributed by atoms with Crippen LogP contribution < -0.4 is 5.32 Å². The Labute approximate surface area is 204 Å². The lowest BCUT2D eigenvalue weighted by Gasteiger charge is -2.38. The number of aromatic nitrogens is 3. The minimum Gasteiger partial charge on any atom is -0.381 e. The molecule has 7 heteroatoms. The highest BCUT2D eigenvalue weighted by Gasteiger charge is 2.34. The van der Waals surface area contributed by atoms with Crippen molar-refractivity contribution in [3.8, 4) is 0 Å². The van der Waals surface area contributed by atoms with Crippen molar-refractivity contribution in [1.82, 2.24) is 19.9 Å². The number of fused-ring (bicyclic) bond motifs is 3. The van der Waals surface area contributed by atoms with E-state index in [4.69, 9.17) is 26.4 Å². The summed E-state index contributed by atoms with van der Waals surface area (Å²) >= 11 is 6.10. The van der Waals surface area contributed by atoms with E-state index in [2.05, 4.69) is 24.4 Å². The van der Waals surface area contributed by atoms with Gasteiger partial charge in [-0.15, -0.1) is 0 Å². The maximum atomic E-state index is 12.9. The second-order valence-corrected chi connectivity index (χ2v) is 9.63. The first-order chi connectivity index (χ1) is 16.5. The van der Waals surface area contributed by atoms with Gasteiger partial charge < -0.3 is 10.1 Å². The van der Waals surface area contributed by atoms with Crippen LogP contribution in [0.15, 0.2) is 48.5 Å². The molecule has 0 bridgehead atoms. The van der Waals surface area contributed by atoms with E-state index in [1.807, 2.05) is 47.8 Å². The number of hydrogen-bond donors (Lipinski definition) is 1. The number of rotatable bonds is 6. The normalized spacial score (nSPS) is 15.6. The van der Waals surface area contributed by atoms with Crippen LogP contribution in [0.3, 0.4) is 0 Å². The van der Waals surface area contributed by atoms with Gasteiger partial charge in [-0.2, -0.15) is 5.10 Å². The second-order valence-electron chi connectivity index (χ2n) is 9.19. The van der Waals surface area contributed by atoms with Crippen molar-refractivity contribution in [3.05, 3.63) is 76.1 Å². The lowest BCUT2D eigenvalue weighted by Crippen LogP contribution is -2.44. The maximum absolute atomic E-state index is 12.9. The van der Waals surface area contributed by atoms with Gasteiger partial charge in [0.05, 0.1) is 5.52 Å². The van der Waals surface area contributed by atoms with E-state index in [1.165, 1.54) is 5.56 Å². The Balaban J connectivity index is 1.30. The highest BCUT2D eigenvalue weighted by Crippen LogP contribution is 2.35. The van der Waals surface area contributed by atoms with Gasteiger partial charge in [-0.3, -0.25) is 4.79 Å². The molecule has 176 valence electrons. The number of ether oxygens (including phenoxy) is 1. The van der Waals surface area contributed by atoms with Gasteiger partial charge in [-0.25, -0.2) is 9.50 Å². The first-order valence-corrected chi connectivity index (χ1v) is 12.2. The second kappa shape index (κ2) is 9.35. The van der Waals surface area contributed by atoms with E-state index in [9.17, 15) is 4.79 Å². The summed E-state index contributed by atoms with van der Waals surface area (Å²) in [6.45, 7) is 6.05. The summed E-state index contributed by atoms with van der Waals surface area (Å²) in [6, 6.07) is 16.0. The Morgan fingerprint density at radius 3 is 2.62 bits per heavy atom. The van der Waals surface area contributed by atoms with Gasteiger partial charge in [0.1, 0.15) is 0 Å². The molecule has 6 nitrogen and oxygen atoms in total. The van der Waals surface area contributed by atoms with Gasteiger partial charge in [0.2, 0.25) is 5.91 Å². The quantitative estimate of drug-likeness (QED) is 0.427. The minimum absolute atomic E-state index is 0.0457. The molecule has 0 spiro atoms. The molecule has 1 fully saturated rings. The van der Waals surface area contributed by atoms with Crippen molar-refractivity contribution in [1.29, 1.82) is 0 Å². The number of halogens is 1. The van der Waals surface area contributed by atoms with Crippen molar-refractivity contribution < 1.29 is 9.53 Å². The number of carbonyl (C=O) groups excluding carboxylic acids is 1. The fourth-order valence-corrected chi connectivity index (χ4v) is 5.19. The van der Waals surface area contributed by atoms with Gasteiger partial charge in [0.25, 0.3) is 0 Å². The summed E-state index contributed by atoms with van der Waals surface area (Å²) in [4.78, 5) is 17.7. The molecule has 2 aromatic heterocycles. The Bertz CT molecular complexity index is 1340. The molecular weight excluding hydrogens is 448 g/mol. The molecular formula is C27H29ClN4O2. The lowest BCUT2D eigenvalue weighted by molar-refractivity contribution is -0.121. The third kappa shape index (κ3) is 4.28. The lowest BCUT2D eigenvalue weighted by atomic mass is 9.74. The molecule has 2 aromatic carbocycles. The van der Waals surface area contributed by atoms with E-state index < -0.39 is 0 Å². The van der Waals surface area contributed by atoms with E-state index >= 15 is 0 Å². The molecule has 0 saturated carbocycles. The Morgan fingerprint density at radius 1 is 1.12 bits per heavy atom. The standard InChI is InChI=1S/C27H29ClN4O2/c1-18-22(19(2)32-26(30-18)23-5-3-4-6-24(23)31-32)11-12-25(33)29-17-27(13-15-34-16-14-27)20-7-9-21(28)10-8-20/h3-10H,11-17H2,1-2H3,(H,29,33). The summed E-state index contributed by atoms with van der Waals surface area (Å²) in [5.74, 6) is 0.0457. The summed E-state index contributed by atoms with van der Waals surface area (Å²) in [6.07, 6.45) is 2.78. The summed E-state index contributed by atoms with van der Waals surface area (Å²) in [5.41, 5.74) is 5.93. The van der Waals surface area contributed by atoms with E-state index in [1.54, 1.807) is 0 Å². The summed E-state index contributed by atoms with van der Waals surface area (Å²) in [5, 5.41) is 9.69. The molecule has 0 radical (unpaired) electrons. The van der Waals surface area contributed by atoms with E-state index in [-0.39, 0.29) is 11.3 Å². The summed E-state index contributed by atoms with van der Waals surface area (Å²) < 4.78 is 7.52. The number of aryl methyl sites for hydroxylation is 2. The van der Waals surface area contributed by atoms with Crippen LogP contribution in [0.2, 0.25) is 5.02 Å². The van der Waals surface area contributed by atoms with Crippen molar-refractivity contribution in [2.75, 3.05) is 19.8 Å². The van der Waals surface area contributed by atoms with E-state index in [0.29, 0.717) is 32.6 Å². The molecule has 1 N–H and O–H groups in total. The van der Waals surface area contributed by atoms with Crippen LogP contribution in [0.1, 0.15) is 41.8 Å². The van der Waals surface area contributed by atoms with Crippen molar-refractivity contribution >= 4 is 34.1 Å². The molecule has 34 heavy (non-hydrogen) atoms. The molecule has 1 saturated heterocycles. The number of carbonyl (C=O) groups is 1. The molecule has 5 rings (SSSR count). The molecule has 1 amide bonds. The third-order valence-electron chi connectivity index (χ3n) is 7.15. The molecule has 0 unspecified atom stereocenters. The minimum atomic E-state index is -0.125. The van der Waals surface area contributed by atoms with Gasteiger partial charge in [-0.1, -0.05) is 35.9 Å². The molecule has 0 atom stereocenters. The molecule has 1 aliphatic heterocycles. The Hall–Kier alpha value is -2.96. The zero-order valence-corrected chi connectivity index (χ0v) is 20.4. The van der Waals surface area contributed by atoms with E-state index in [0.717, 1.165) is 51.4 Å². The molecule has 3 heterocycles. The average molecular weight is 477 g/mol. The van der Waals surface area contributed by atoms with Crippen molar-refractivity contribution in [2.24, 2.45) is 0 Å². The van der Waals surface area contributed by atoms with Gasteiger partial charge in [0, 0.05) is 53.4 Å². The van der Waals surface area contributed by atoms with Crippen LogP contribution in [-0.2, 0) is 21.4 Å². The van der Waals surface area contributed by atoms with Gasteiger partial charge in [-0.05, 0) is 68.5 Å². The van der Waals surface area contributed by atoms with Crippen LogP contribution in [0, 0.1) is 13.8 Å².